The van der Waals surface area contributed by atoms with Crippen molar-refractivity contribution >= 4 is 23.6 Å². The molecule has 3 amide bonds. The second-order valence-corrected chi connectivity index (χ2v) is 6.58. The number of amides is 3. The van der Waals surface area contributed by atoms with Gasteiger partial charge in [-0.2, -0.15) is 0 Å². The molecule has 0 aromatic heterocycles. The van der Waals surface area contributed by atoms with Gasteiger partial charge in [-0.05, 0) is 31.0 Å². The number of rotatable bonds is 2. The quantitative estimate of drug-likeness (QED) is 0.851. The first-order valence-corrected chi connectivity index (χ1v) is 8.14. The lowest BCUT2D eigenvalue weighted by Crippen LogP contribution is -2.57. The molecule has 1 aromatic carbocycles. The fourth-order valence-electron chi connectivity index (χ4n) is 3.85. The number of likely N-dealkylation sites (tertiary alicyclic amines) is 2. The van der Waals surface area contributed by atoms with E-state index >= 15 is 0 Å². The SMILES string of the molecule is CN1C(=O)C[C@@H](C(=O)O)C12CCN(C(=O)Nc1cccc(F)c1)CC2. The van der Waals surface area contributed by atoms with Gasteiger partial charge in [0.1, 0.15) is 5.82 Å². The van der Waals surface area contributed by atoms with Crippen LogP contribution < -0.4 is 5.32 Å². The maximum Gasteiger partial charge on any atom is 0.321 e. The van der Waals surface area contributed by atoms with E-state index < -0.39 is 23.2 Å². The van der Waals surface area contributed by atoms with Gasteiger partial charge in [-0.1, -0.05) is 6.07 Å². The van der Waals surface area contributed by atoms with E-state index in [0.717, 1.165) is 0 Å². The van der Waals surface area contributed by atoms with Crippen LogP contribution in [0.5, 0.6) is 0 Å². The van der Waals surface area contributed by atoms with Gasteiger partial charge in [0, 0.05) is 32.2 Å². The summed E-state index contributed by atoms with van der Waals surface area (Å²) in [7, 11) is 1.63. The smallest absolute Gasteiger partial charge is 0.321 e. The lowest BCUT2D eigenvalue weighted by atomic mass is 9.77. The highest BCUT2D eigenvalue weighted by molar-refractivity contribution is 5.90. The molecular formula is C17H20FN3O4. The first kappa shape index (κ1) is 17.2. The van der Waals surface area contributed by atoms with Gasteiger partial charge in [-0.25, -0.2) is 9.18 Å². The molecule has 2 N–H and O–H groups in total. The molecule has 7 nitrogen and oxygen atoms in total. The number of carbonyl (C=O) groups excluding carboxylic acids is 2. The van der Waals surface area contributed by atoms with Gasteiger partial charge >= 0.3 is 12.0 Å². The zero-order valence-corrected chi connectivity index (χ0v) is 13.9. The topological polar surface area (TPSA) is 90.0 Å². The van der Waals surface area contributed by atoms with Crippen molar-refractivity contribution in [2.24, 2.45) is 5.92 Å². The number of carboxylic acid groups (broad SMARTS) is 1. The zero-order valence-electron chi connectivity index (χ0n) is 13.9. The minimum absolute atomic E-state index is 0.00131. The summed E-state index contributed by atoms with van der Waals surface area (Å²) in [5.74, 6) is -2.34. The average molecular weight is 349 g/mol. The predicted molar refractivity (Wildman–Crippen MR) is 87.5 cm³/mol. The molecule has 134 valence electrons. The Labute approximate surface area is 144 Å². The summed E-state index contributed by atoms with van der Waals surface area (Å²) in [4.78, 5) is 39.0. The molecule has 8 heteroatoms. The van der Waals surface area contributed by atoms with Crippen LogP contribution in [-0.2, 0) is 9.59 Å². The molecule has 2 aliphatic rings. The van der Waals surface area contributed by atoms with E-state index in [2.05, 4.69) is 5.32 Å². The van der Waals surface area contributed by atoms with Gasteiger partial charge in [0.15, 0.2) is 0 Å². The molecule has 25 heavy (non-hydrogen) atoms. The lowest BCUT2D eigenvalue weighted by molar-refractivity contribution is -0.145. The fraction of sp³-hybridized carbons (Fsp3) is 0.471. The minimum atomic E-state index is -0.977. The van der Waals surface area contributed by atoms with Gasteiger partial charge in [0.2, 0.25) is 5.91 Å². The number of benzene rings is 1. The molecular weight excluding hydrogens is 329 g/mol. The summed E-state index contributed by atoms with van der Waals surface area (Å²) in [6, 6.07) is 5.26. The van der Waals surface area contributed by atoms with Crippen LogP contribution in [0.3, 0.4) is 0 Å². The Kier molecular flexibility index (Phi) is 4.36. The van der Waals surface area contributed by atoms with Crippen LogP contribution >= 0.6 is 0 Å². The van der Waals surface area contributed by atoms with E-state index in [1.165, 1.54) is 23.1 Å². The molecule has 0 saturated carbocycles. The van der Waals surface area contributed by atoms with E-state index in [1.54, 1.807) is 18.0 Å². The molecule has 2 fully saturated rings. The van der Waals surface area contributed by atoms with Crippen LogP contribution in [0.25, 0.3) is 0 Å². The minimum Gasteiger partial charge on any atom is -0.481 e. The van der Waals surface area contributed by atoms with Gasteiger partial charge < -0.3 is 20.2 Å². The van der Waals surface area contributed by atoms with Crippen LogP contribution in [-0.4, -0.2) is 58.5 Å². The second-order valence-electron chi connectivity index (χ2n) is 6.58. The highest BCUT2D eigenvalue weighted by Crippen LogP contribution is 2.42. The molecule has 2 aliphatic heterocycles. The van der Waals surface area contributed by atoms with E-state index in [1.807, 2.05) is 0 Å². The summed E-state index contributed by atoms with van der Waals surface area (Å²) >= 11 is 0. The van der Waals surface area contributed by atoms with E-state index in [-0.39, 0.29) is 18.4 Å². The normalized spacial score (nSPS) is 22.3. The number of nitrogens with zero attached hydrogens (tertiary/aromatic N) is 2. The molecule has 1 atom stereocenters. The Morgan fingerprint density at radius 2 is 2.00 bits per heavy atom. The predicted octanol–water partition coefficient (Wildman–Crippen LogP) is 1.76. The average Bonchev–Trinajstić information content (AvgIpc) is 2.81. The van der Waals surface area contributed by atoms with Crippen molar-refractivity contribution in [2.45, 2.75) is 24.8 Å². The Balaban J connectivity index is 1.67. The van der Waals surface area contributed by atoms with E-state index in [9.17, 15) is 23.9 Å². The maximum absolute atomic E-state index is 13.2. The summed E-state index contributed by atoms with van der Waals surface area (Å²) in [5, 5.41) is 12.1. The highest BCUT2D eigenvalue weighted by atomic mass is 19.1. The van der Waals surface area contributed by atoms with Crippen molar-refractivity contribution in [1.82, 2.24) is 9.80 Å². The lowest BCUT2D eigenvalue weighted by Gasteiger charge is -2.45. The molecule has 0 radical (unpaired) electrons. The first-order chi connectivity index (χ1) is 11.8. The highest BCUT2D eigenvalue weighted by Gasteiger charge is 2.55. The Hall–Kier alpha value is -2.64. The maximum atomic E-state index is 13.2. The number of halogens is 1. The first-order valence-electron chi connectivity index (χ1n) is 8.14. The third kappa shape index (κ3) is 3.04. The number of hydrogen-bond donors (Lipinski definition) is 2. The van der Waals surface area contributed by atoms with Crippen molar-refractivity contribution in [2.75, 3.05) is 25.5 Å². The van der Waals surface area contributed by atoms with Crippen molar-refractivity contribution in [1.29, 1.82) is 0 Å². The van der Waals surface area contributed by atoms with Crippen molar-refractivity contribution in [3.63, 3.8) is 0 Å². The van der Waals surface area contributed by atoms with Gasteiger partial charge in [-0.15, -0.1) is 0 Å². The Bertz CT molecular complexity index is 716. The van der Waals surface area contributed by atoms with Crippen LogP contribution in [0.15, 0.2) is 24.3 Å². The second kappa shape index (κ2) is 6.34. The number of carbonyl (C=O) groups is 3. The number of urea groups is 1. The molecule has 0 unspecified atom stereocenters. The molecule has 0 aliphatic carbocycles. The number of carboxylic acids is 1. The molecule has 2 saturated heterocycles. The number of anilines is 1. The van der Waals surface area contributed by atoms with Crippen molar-refractivity contribution in [3.05, 3.63) is 30.1 Å². The molecule has 1 aromatic rings. The van der Waals surface area contributed by atoms with Crippen LogP contribution in [0, 0.1) is 11.7 Å². The molecule has 1 spiro atoms. The zero-order chi connectivity index (χ0) is 18.2. The molecule has 3 rings (SSSR count). The Morgan fingerprint density at radius 1 is 1.32 bits per heavy atom. The van der Waals surface area contributed by atoms with E-state index in [4.69, 9.17) is 0 Å². The van der Waals surface area contributed by atoms with Gasteiger partial charge in [-0.3, -0.25) is 9.59 Å². The van der Waals surface area contributed by atoms with Gasteiger partial charge in [0.25, 0.3) is 0 Å². The largest absolute Gasteiger partial charge is 0.481 e. The third-order valence-electron chi connectivity index (χ3n) is 5.36. The van der Waals surface area contributed by atoms with Gasteiger partial charge in [0.05, 0.1) is 11.5 Å². The van der Waals surface area contributed by atoms with Crippen LogP contribution in [0.2, 0.25) is 0 Å². The Morgan fingerprint density at radius 3 is 2.60 bits per heavy atom. The van der Waals surface area contributed by atoms with Crippen molar-refractivity contribution < 1.29 is 23.9 Å². The number of piperidine rings is 1. The number of aliphatic carboxylic acids is 1. The number of nitrogens with one attached hydrogen (secondary N) is 1. The summed E-state index contributed by atoms with van der Waals surface area (Å²) in [6.07, 6.45) is 0.812. The summed E-state index contributed by atoms with van der Waals surface area (Å²) < 4.78 is 13.2. The summed E-state index contributed by atoms with van der Waals surface area (Å²) in [6.45, 7) is 0.672. The van der Waals surface area contributed by atoms with Crippen LogP contribution in [0.4, 0.5) is 14.9 Å². The monoisotopic (exact) mass is 349 g/mol. The standard InChI is InChI=1S/C17H20FN3O4/c1-20-14(22)10-13(15(23)24)17(20)5-7-21(8-6-17)16(25)19-12-4-2-3-11(18)9-12/h2-4,9,13H,5-8,10H2,1H3,(H,19,25)(H,23,24)/t13-/m0/s1. The van der Waals surface area contributed by atoms with Crippen molar-refractivity contribution in [3.8, 4) is 0 Å². The summed E-state index contributed by atoms with van der Waals surface area (Å²) in [5.41, 5.74) is -0.375. The molecule has 0 bridgehead atoms. The van der Waals surface area contributed by atoms with Crippen LogP contribution in [0.1, 0.15) is 19.3 Å². The number of hydrogen-bond acceptors (Lipinski definition) is 3. The third-order valence-corrected chi connectivity index (χ3v) is 5.36. The van der Waals surface area contributed by atoms with E-state index in [0.29, 0.717) is 31.6 Å². The fourth-order valence-corrected chi connectivity index (χ4v) is 3.85. The molecule has 2 heterocycles.